The van der Waals surface area contributed by atoms with E-state index in [-0.39, 0.29) is 24.0 Å². The van der Waals surface area contributed by atoms with Gasteiger partial charge in [0.2, 0.25) is 0 Å². The minimum Gasteiger partial charge on any atom is -0.459 e. The second-order valence-corrected chi connectivity index (χ2v) is 6.70. The number of halogens is 1. The lowest BCUT2D eigenvalue weighted by Gasteiger charge is -2.25. The number of alkyl halides is 1. The van der Waals surface area contributed by atoms with Crippen LogP contribution in [-0.2, 0) is 24.4 Å². The first-order valence-corrected chi connectivity index (χ1v) is 7.52. The second-order valence-electron chi connectivity index (χ2n) is 5.10. The minimum atomic E-state index is -5.19. The second kappa shape index (κ2) is 4.52. The third kappa shape index (κ3) is 2.27. The molecule has 2 aliphatic carbocycles. The van der Waals surface area contributed by atoms with Crippen LogP contribution < -0.4 is 0 Å². The van der Waals surface area contributed by atoms with E-state index in [0.717, 1.165) is 6.92 Å². The fourth-order valence-electron chi connectivity index (χ4n) is 2.79. The first-order chi connectivity index (χ1) is 8.69. The van der Waals surface area contributed by atoms with E-state index in [1.54, 1.807) is 0 Å². The molecule has 2 rings (SSSR count). The molecule has 0 radical (unpaired) electrons. The first-order valence-electron chi connectivity index (χ1n) is 6.08. The number of hydrogen-bond acceptors (Lipinski definition) is 5. The van der Waals surface area contributed by atoms with Crippen molar-refractivity contribution in [3.8, 4) is 0 Å². The van der Waals surface area contributed by atoms with Gasteiger partial charge >= 0.3 is 21.1 Å². The van der Waals surface area contributed by atoms with Crippen molar-refractivity contribution in [2.24, 2.45) is 11.8 Å². The summed E-state index contributed by atoms with van der Waals surface area (Å²) in [7, 11) is -5.19. The van der Waals surface area contributed by atoms with Crippen molar-refractivity contribution in [1.82, 2.24) is 0 Å². The summed E-state index contributed by atoms with van der Waals surface area (Å²) in [6.45, 7) is 1.12. The molecule has 4 atom stereocenters. The molecule has 0 saturated heterocycles. The van der Waals surface area contributed by atoms with E-state index in [0.29, 0.717) is 12.8 Å². The van der Waals surface area contributed by atoms with E-state index in [9.17, 15) is 22.4 Å². The van der Waals surface area contributed by atoms with E-state index in [1.807, 2.05) is 0 Å². The number of hydrogen-bond donors (Lipinski definition) is 1. The normalized spacial score (nSPS) is 33.2. The van der Waals surface area contributed by atoms with E-state index in [1.165, 1.54) is 0 Å². The number of ketones is 1. The van der Waals surface area contributed by atoms with Gasteiger partial charge in [0.15, 0.2) is 0 Å². The molecule has 0 amide bonds. The maximum absolute atomic E-state index is 14.0. The molecule has 0 aromatic rings. The van der Waals surface area contributed by atoms with E-state index < -0.39 is 33.6 Å². The van der Waals surface area contributed by atoms with Gasteiger partial charge in [0.25, 0.3) is 0 Å². The molecule has 2 saturated carbocycles. The van der Waals surface area contributed by atoms with Gasteiger partial charge in [-0.05, 0) is 12.8 Å². The SMILES string of the molecule is CCC(F)(C(=O)OC1CC2CC1CC2=O)S(=O)(=O)O. The number of carbonyl (C=O) groups excluding carboxylic acids is 2. The van der Waals surface area contributed by atoms with Gasteiger partial charge in [-0.15, -0.1) is 0 Å². The van der Waals surface area contributed by atoms with Gasteiger partial charge in [-0.25, -0.2) is 9.18 Å². The number of rotatable bonds is 4. The van der Waals surface area contributed by atoms with Gasteiger partial charge in [0.1, 0.15) is 11.9 Å². The number of esters is 1. The van der Waals surface area contributed by atoms with Crippen LogP contribution >= 0.6 is 0 Å². The zero-order valence-electron chi connectivity index (χ0n) is 10.3. The lowest BCUT2D eigenvalue weighted by molar-refractivity contribution is -0.161. The van der Waals surface area contributed by atoms with Gasteiger partial charge in [-0.3, -0.25) is 9.35 Å². The highest BCUT2D eigenvalue weighted by Crippen LogP contribution is 2.44. The number of ether oxygens (including phenoxy) is 1. The summed E-state index contributed by atoms with van der Waals surface area (Å²) in [4.78, 5) is 23.0. The van der Waals surface area contributed by atoms with Crippen molar-refractivity contribution in [3.63, 3.8) is 0 Å². The van der Waals surface area contributed by atoms with Crippen LogP contribution in [0.2, 0.25) is 0 Å². The Kier molecular flexibility index (Phi) is 3.42. The molecule has 0 heterocycles. The molecule has 8 heteroatoms. The summed E-state index contributed by atoms with van der Waals surface area (Å²) >= 11 is 0. The zero-order chi connectivity index (χ0) is 14.4. The van der Waals surface area contributed by atoms with Gasteiger partial charge in [0, 0.05) is 24.7 Å². The van der Waals surface area contributed by atoms with Crippen LogP contribution in [0.5, 0.6) is 0 Å². The molecule has 108 valence electrons. The Morgan fingerprint density at radius 3 is 2.53 bits per heavy atom. The van der Waals surface area contributed by atoms with Gasteiger partial charge in [-0.2, -0.15) is 8.42 Å². The number of Topliss-reactive ketones (excluding diaryl/α,β-unsaturated/α-hetero) is 1. The topological polar surface area (TPSA) is 97.7 Å². The zero-order valence-corrected chi connectivity index (χ0v) is 11.2. The molecular weight excluding hydrogens is 279 g/mol. The monoisotopic (exact) mass is 294 g/mol. The van der Waals surface area contributed by atoms with E-state index >= 15 is 0 Å². The summed E-state index contributed by atoms with van der Waals surface area (Å²) in [5, 5.41) is -3.43. The van der Waals surface area contributed by atoms with E-state index in [4.69, 9.17) is 9.29 Å². The summed E-state index contributed by atoms with van der Waals surface area (Å²) in [6, 6.07) is 0. The lowest BCUT2D eigenvalue weighted by Crippen LogP contribution is -2.45. The van der Waals surface area contributed by atoms with Crippen molar-refractivity contribution in [2.45, 2.75) is 43.7 Å². The predicted molar refractivity (Wildman–Crippen MR) is 61.4 cm³/mol. The van der Waals surface area contributed by atoms with E-state index in [2.05, 4.69) is 0 Å². The van der Waals surface area contributed by atoms with Gasteiger partial charge < -0.3 is 4.74 Å². The van der Waals surface area contributed by atoms with Crippen LogP contribution in [0.25, 0.3) is 0 Å². The molecule has 1 N–H and O–H groups in total. The Morgan fingerprint density at radius 1 is 1.53 bits per heavy atom. The van der Waals surface area contributed by atoms with Crippen molar-refractivity contribution in [2.75, 3.05) is 0 Å². The minimum absolute atomic E-state index is 0.106. The fraction of sp³-hybridized carbons (Fsp3) is 0.818. The highest BCUT2D eigenvalue weighted by Gasteiger charge is 2.54. The molecule has 4 unspecified atom stereocenters. The number of fused-ring (bicyclic) bond motifs is 2. The van der Waals surface area contributed by atoms with Crippen LogP contribution in [0, 0.1) is 11.8 Å². The predicted octanol–water partition coefficient (Wildman–Crippen LogP) is 0.861. The molecule has 0 aliphatic heterocycles. The van der Waals surface area contributed by atoms with Crippen molar-refractivity contribution in [3.05, 3.63) is 0 Å². The average Bonchev–Trinajstić information content (AvgIpc) is 2.85. The van der Waals surface area contributed by atoms with Crippen molar-refractivity contribution < 1.29 is 31.7 Å². The highest BCUT2D eigenvalue weighted by molar-refractivity contribution is 7.87. The summed E-state index contributed by atoms with van der Waals surface area (Å²) in [5.74, 6) is -1.83. The molecule has 0 aromatic heterocycles. The Labute approximate surface area is 110 Å². The molecule has 6 nitrogen and oxygen atoms in total. The molecule has 2 fully saturated rings. The Bertz CT molecular complexity index is 515. The van der Waals surface area contributed by atoms with Gasteiger partial charge in [-0.1, -0.05) is 6.92 Å². The molecule has 2 bridgehead atoms. The van der Waals surface area contributed by atoms with Gasteiger partial charge in [0.05, 0.1) is 0 Å². The average molecular weight is 294 g/mol. The molecule has 0 aromatic carbocycles. The number of carbonyl (C=O) groups is 2. The van der Waals surface area contributed by atoms with Crippen molar-refractivity contribution >= 4 is 21.9 Å². The first kappa shape index (κ1) is 14.4. The Hall–Kier alpha value is -1.02. The van der Waals surface area contributed by atoms with Crippen molar-refractivity contribution in [1.29, 1.82) is 0 Å². The summed E-state index contributed by atoms with van der Waals surface area (Å²) in [5.41, 5.74) is 0. The maximum atomic E-state index is 14.0. The smallest absolute Gasteiger partial charge is 0.362 e. The molecule has 2 aliphatic rings. The van der Waals surface area contributed by atoms with Crippen LogP contribution in [0.1, 0.15) is 32.6 Å². The molecular formula is C11H15FO6S. The standard InChI is InChI=1S/C11H15FO6S/c1-2-11(12,19(15,16)17)10(14)18-9-5-6-3-7(9)4-8(6)13/h6-7,9H,2-5H2,1H3,(H,15,16,17). The Balaban J connectivity index is 2.08. The van der Waals surface area contributed by atoms with Crippen LogP contribution in [0.3, 0.4) is 0 Å². The third-order valence-corrected chi connectivity index (χ3v) is 5.25. The summed E-state index contributed by atoms with van der Waals surface area (Å²) < 4.78 is 49.6. The fourth-order valence-corrected chi connectivity index (χ4v) is 3.41. The van der Waals surface area contributed by atoms with Crippen LogP contribution in [0.4, 0.5) is 4.39 Å². The third-order valence-electron chi connectivity index (χ3n) is 3.98. The summed E-state index contributed by atoms with van der Waals surface area (Å²) in [6.07, 6.45) is -0.197. The Morgan fingerprint density at radius 2 is 2.16 bits per heavy atom. The van der Waals surface area contributed by atoms with Crippen LogP contribution in [0.15, 0.2) is 0 Å². The highest BCUT2D eigenvalue weighted by atomic mass is 32.2. The molecule has 0 spiro atoms. The quantitative estimate of drug-likeness (QED) is 0.610. The largest absolute Gasteiger partial charge is 0.459 e. The maximum Gasteiger partial charge on any atom is 0.362 e. The molecule has 19 heavy (non-hydrogen) atoms. The lowest BCUT2D eigenvalue weighted by atomic mass is 9.96. The van der Waals surface area contributed by atoms with Crippen LogP contribution in [-0.4, -0.2) is 35.8 Å².